The van der Waals surface area contributed by atoms with Gasteiger partial charge in [-0.2, -0.15) is 0 Å². The van der Waals surface area contributed by atoms with Gasteiger partial charge in [-0.05, 0) is 70.6 Å². The first-order valence-electron chi connectivity index (χ1n) is 6.86. The lowest BCUT2D eigenvalue weighted by molar-refractivity contribution is 0.270. The van der Waals surface area contributed by atoms with Crippen molar-refractivity contribution in [3.63, 3.8) is 0 Å². The van der Waals surface area contributed by atoms with Crippen LogP contribution in [0.2, 0.25) is 0 Å². The number of nitrogens with one attached hydrogen (secondary N) is 1. The van der Waals surface area contributed by atoms with Crippen LogP contribution in [0.3, 0.4) is 0 Å². The minimum atomic E-state index is 0.796. The Kier molecular flexibility index (Phi) is 5.14. The molecule has 2 fully saturated rings. The molecule has 1 N–H and O–H groups in total. The molecule has 0 saturated heterocycles. The van der Waals surface area contributed by atoms with Crippen LogP contribution in [0.5, 0.6) is 0 Å². The van der Waals surface area contributed by atoms with E-state index in [1.807, 2.05) is 0 Å². The summed E-state index contributed by atoms with van der Waals surface area (Å²) in [6, 6.07) is 1.63. The van der Waals surface area contributed by atoms with Crippen molar-refractivity contribution in [2.75, 3.05) is 0 Å². The number of allylic oxidation sites excluding steroid dienone is 1. The van der Waals surface area contributed by atoms with E-state index in [-0.39, 0.29) is 0 Å². The van der Waals surface area contributed by atoms with E-state index in [2.05, 4.69) is 34.5 Å². The van der Waals surface area contributed by atoms with E-state index in [1.54, 1.807) is 0 Å². The smallest absolute Gasteiger partial charge is 0.00700 e. The molecule has 2 rings (SSSR count). The van der Waals surface area contributed by atoms with Crippen LogP contribution < -0.4 is 5.32 Å². The normalized spacial score (nSPS) is 32.6. The minimum Gasteiger partial charge on any atom is -0.311 e. The number of halogens is 1. The van der Waals surface area contributed by atoms with Gasteiger partial charge in [0.15, 0.2) is 0 Å². The Bertz CT molecular complexity index is 225. The third kappa shape index (κ3) is 3.73. The summed E-state index contributed by atoms with van der Waals surface area (Å²) in [5.41, 5.74) is 0. The molecule has 2 aliphatic rings. The lowest BCUT2D eigenvalue weighted by atomic mass is 9.85. The first kappa shape index (κ1) is 12.9. The highest BCUT2D eigenvalue weighted by Crippen LogP contribution is 2.32. The summed E-state index contributed by atoms with van der Waals surface area (Å²) in [6.45, 7) is 4.09. The van der Waals surface area contributed by atoms with Crippen LogP contribution in [0.1, 0.15) is 57.8 Å². The SMILES string of the molecule is C=C(I)C1CCC(NC2CCCCC2)CC1. The highest BCUT2D eigenvalue weighted by atomic mass is 127. The average molecular weight is 333 g/mol. The first-order chi connectivity index (χ1) is 7.75. The van der Waals surface area contributed by atoms with Gasteiger partial charge in [0, 0.05) is 12.1 Å². The molecular formula is C14H24IN. The van der Waals surface area contributed by atoms with Crippen LogP contribution in [-0.4, -0.2) is 12.1 Å². The molecule has 2 aliphatic carbocycles. The second-order valence-electron chi connectivity index (χ2n) is 5.50. The molecule has 0 radical (unpaired) electrons. The van der Waals surface area contributed by atoms with Crippen LogP contribution >= 0.6 is 22.6 Å². The summed E-state index contributed by atoms with van der Waals surface area (Å²) in [6.07, 6.45) is 12.6. The van der Waals surface area contributed by atoms with Crippen molar-refractivity contribution in [3.8, 4) is 0 Å². The lowest BCUT2D eigenvalue weighted by Gasteiger charge is -2.33. The molecule has 92 valence electrons. The van der Waals surface area contributed by atoms with Gasteiger partial charge < -0.3 is 5.32 Å². The van der Waals surface area contributed by atoms with Crippen molar-refractivity contribution in [1.29, 1.82) is 0 Å². The maximum atomic E-state index is 4.09. The molecule has 0 amide bonds. The van der Waals surface area contributed by atoms with Crippen molar-refractivity contribution >= 4 is 22.6 Å². The maximum absolute atomic E-state index is 4.09. The van der Waals surface area contributed by atoms with Crippen molar-refractivity contribution in [3.05, 3.63) is 10.2 Å². The van der Waals surface area contributed by atoms with Gasteiger partial charge >= 0.3 is 0 Å². The van der Waals surface area contributed by atoms with Gasteiger partial charge in [-0.15, -0.1) is 0 Å². The Labute approximate surface area is 114 Å². The standard InChI is InChI=1S/C14H24IN/c1-11(15)12-7-9-14(10-8-12)16-13-5-3-2-4-6-13/h12-14,16H,1-10H2. The van der Waals surface area contributed by atoms with Crippen LogP contribution in [0.25, 0.3) is 0 Å². The van der Waals surface area contributed by atoms with E-state index in [0.717, 1.165) is 18.0 Å². The summed E-state index contributed by atoms with van der Waals surface area (Å²) in [5, 5.41) is 3.89. The van der Waals surface area contributed by atoms with Gasteiger partial charge in [-0.25, -0.2) is 0 Å². The van der Waals surface area contributed by atoms with Gasteiger partial charge in [-0.3, -0.25) is 0 Å². The van der Waals surface area contributed by atoms with Gasteiger partial charge in [-0.1, -0.05) is 25.8 Å². The van der Waals surface area contributed by atoms with E-state index in [9.17, 15) is 0 Å². The Morgan fingerprint density at radius 2 is 1.44 bits per heavy atom. The third-order valence-electron chi connectivity index (χ3n) is 4.25. The zero-order valence-electron chi connectivity index (χ0n) is 10.2. The van der Waals surface area contributed by atoms with Crippen molar-refractivity contribution in [2.45, 2.75) is 69.9 Å². The summed E-state index contributed by atoms with van der Waals surface area (Å²) < 4.78 is 1.37. The molecule has 2 heteroatoms. The molecular weight excluding hydrogens is 309 g/mol. The molecule has 0 unspecified atom stereocenters. The first-order valence-corrected chi connectivity index (χ1v) is 7.94. The molecule has 0 aromatic rings. The van der Waals surface area contributed by atoms with Gasteiger partial charge in [0.1, 0.15) is 0 Å². The predicted molar refractivity (Wildman–Crippen MR) is 78.9 cm³/mol. The van der Waals surface area contributed by atoms with E-state index in [4.69, 9.17) is 0 Å². The van der Waals surface area contributed by atoms with Crippen molar-refractivity contribution in [2.24, 2.45) is 5.92 Å². The molecule has 0 aromatic heterocycles. The molecule has 0 atom stereocenters. The third-order valence-corrected chi connectivity index (χ3v) is 5.13. The maximum Gasteiger partial charge on any atom is 0.00700 e. The quantitative estimate of drug-likeness (QED) is 0.754. The lowest BCUT2D eigenvalue weighted by Crippen LogP contribution is -2.41. The Hall–Kier alpha value is 0.430. The van der Waals surface area contributed by atoms with Gasteiger partial charge in [0.05, 0.1) is 0 Å². The molecule has 16 heavy (non-hydrogen) atoms. The van der Waals surface area contributed by atoms with Gasteiger partial charge in [0.2, 0.25) is 0 Å². The fraction of sp³-hybridized carbons (Fsp3) is 0.857. The Morgan fingerprint density at radius 1 is 0.875 bits per heavy atom. The average Bonchev–Trinajstić information content (AvgIpc) is 2.31. The minimum absolute atomic E-state index is 0.796. The number of hydrogen-bond donors (Lipinski definition) is 1. The van der Waals surface area contributed by atoms with Crippen LogP contribution in [0.4, 0.5) is 0 Å². The second-order valence-corrected chi connectivity index (χ2v) is 6.88. The molecule has 0 heterocycles. The Balaban J connectivity index is 1.70. The van der Waals surface area contributed by atoms with Crippen molar-refractivity contribution < 1.29 is 0 Å². The molecule has 0 spiro atoms. The summed E-state index contributed by atoms with van der Waals surface area (Å²) in [5.74, 6) is 0.796. The van der Waals surface area contributed by atoms with Crippen LogP contribution in [0, 0.1) is 5.92 Å². The number of rotatable bonds is 3. The molecule has 0 aromatic carbocycles. The zero-order chi connectivity index (χ0) is 11.4. The second kappa shape index (κ2) is 6.39. The monoisotopic (exact) mass is 333 g/mol. The molecule has 2 saturated carbocycles. The Morgan fingerprint density at radius 3 is 2.00 bits per heavy atom. The highest BCUT2D eigenvalue weighted by molar-refractivity contribution is 14.1. The largest absolute Gasteiger partial charge is 0.311 e. The summed E-state index contributed by atoms with van der Waals surface area (Å²) in [7, 11) is 0. The van der Waals surface area contributed by atoms with E-state index >= 15 is 0 Å². The van der Waals surface area contributed by atoms with Gasteiger partial charge in [0.25, 0.3) is 0 Å². The van der Waals surface area contributed by atoms with E-state index in [1.165, 1.54) is 61.4 Å². The number of hydrogen-bond acceptors (Lipinski definition) is 1. The van der Waals surface area contributed by atoms with E-state index in [0.29, 0.717) is 0 Å². The summed E-state index contributed by atoms with van der Waals surface area (Å²) in [4.78, 5) is 0. The molecule has 0 aliphatic heterocycles. The van der Waals surface area contributed by atoms with Crippen LogP contribution in [0.15, 0.2) is 10.2 Å². The molecule has 0 bridgehead atoms. The topological polar surface area (TPSA) is 12.0 Å². The zero-order valence-corrected chi connectivity index (χ0v) is 12.3. The predicted octanol–water partition coefficient (Wildman–Crippen LogP) is 4.42. The summed E-state index contributed by atoms with van der Waals surface area (Å²) >= 11 is 2.41. The highest BCUT2D eigenvalue weighted by Gasteiger charge is 2.24. The molecule has 1 nitrogen and oxygen atoms in total. The van der Waals surface area contributed by atoms with Crippen LogP contribution in [-0.2, 0) is 0 Å². The fourth-order valence-electron chi connectivity index (χ4n) is 3.18. The van der Waals surface area contributed by atoms with E-state index < -0.39 is 0 Å². The van der Waals surface area contributed by atoms with Crippen molar-refractivity contribution in [1.82, 2.24) is 5.32 Å². The fourth-order valence-corrected chi connectivity index (χ4v) is 3.80.